The van der Waals surface area contributed by atoms with E-state index in [1.54, 1.807) is 0 Å². The lowest BCUT2D eigenvalue weighted by Gasteiger charge is -2.09. The number of rotatable bonds is 0. The lowest BCUT2D eigenvalue weighted by molar-refractivity contribution is 0.482. The van der Waals surface area contributed by atoms with Crippen molar-refractivity contribution in [1.29, 1.82) is 0 Å². The van der Waals surface area contributed by atoms with E-state index >= 15 is 0 Å². The molecule has 1 spiro atoms. The average molecular weight is 288 g/mol. The standard InChI is InChI=1S/C7H14N2.2BrH/c1-2-7(1)5-8-3-4-9-6-7;;/h8-9H,1-6H2;2*1H. The summed E-state index contributed by atoms with van der Waals surface area (Å²) in [4.78, 5) is 0. The Kier molecular flexibility index (Phi) is 5.18. The van der Waals surface area contributed by atoms with Crippen LogP contribution < -0.4 is 10.6 Å². The fourth-order valence-corrected chi connectivity index (χ4v) is 1.48. The summed E-state index contributed by atoms with van der Waals surface area (Å²) in [5.41, 5.74) is 0.691. The molecule has 0 aromatic carbocycles. The molecule has 1 aliphatic carbocycles. The Labute approximate surface area is 89.0 Å². The minimum atomic E-state index is 0. The van der Waals surface area contributed by atoms with Crippen molar-refractivity contribution < 1.29 is 0 Å². The maximum Gasteiger partial charge on any atom is 0.00769 e. The molecule has 0 aromatic rings. The summed E-state index contributed by atoms with van der Waals surface area (Å²) < 4.78 is 0. The van der Waals surface area contributed by atoms with E-state index < -0.39 is 0 Å². The van der Waals surface area contributed by atoms with Gasteiger partial charge in [-0.05, 0) is 18.3 Å². The number of halogens is 2. The summed E-state index contributed by atoms with van der Waals surface area (Å²) in [6.07, 6.45) is 2.88. The van der Waals surface area contributed by atoms with E-state index in [4.69, 9.17) is 0 Å². The first-order chi connectivity index (χ1) is 4.41. The zero-order chi connectivity index (χ0) is 6.16. The Morgan fingerprint density at radius 3 is 1.64 bits per heavy atom. The van der Waals surface area contributed by atoms with Gasteiger partial charge in [0.15, 0.2) is 0 Å². The molecule has 2 N–H and O–H groups in total. The Morgan fingerprint density at radius 2 is 1.27 bits per heavy atom. The van der Waals surface area contributed by atoms with E-state index in [1.807, 2.05) is 0 Å². The highest BCUT2D eigenvalue weighted by molar-refractivity contribution is 8.93. The SMILES string of the molecule is Br.Br.C1CNCC2(CC2)CN1. The van der Waals surface area contributed by atoms with Gasteiger partial charge in [0, 0.05) is 26.2 Å². The van der Waals surface area contributed by atoms with Crippen molar-refractivity contribution in [3.63, 3.8) is 0 Å². The molecular weight excluding hydrogens is 272 g/mol. The third-order valence-electron chi connectivity index (χ3n) is 2.44. The van der Waals surface area contributed by atoms with E-state index in [-0.39, 0.29) is 34.0 Å². The molecule has 2 rings (SSSR count). The zero-order valence-corrected chi connectivity index (χ0v) is 9.99. The van der Waals surface area contributed by atoms with Gasteiger partial charge in [0.1, 0.15) is 0 Å². The van der Waals surface area contributed by atoms with Crippen molar-refractivity contribution in [3.05, 3.63) is 0 Å². The van der Waals surface area contributed by atoms with Crippen molar-refractivity contribution in [2.75, 3.05) is 26.2 Å². The molecule has 1 aliphatic heterocycles. The molecular formula is C7H16Br2N2. The van der Waals surface area contributed by atoms with Crippen LogP contribution in [0.25, 0.3) is 0 Å². The molecule has 0 aromatic heterocycles. The second-order valence-corrected chi connectivity index (χ2v) is 3.35. The Morgan fingerprint density at radius 1 is 0.818 bits per heavy atom. The molecule has 1 saturated heterocycles. The van der Waals surface area contributed by atoms with E-state index in [2.05, 4.69) is 10.6 Å². The average Bonchev–Trinajstić information content (AvgIpc) is 2.64. The molecule has 0 atom stereocenters. The van der Waals surface area contributed by atoms with Crippen LogP contribution in [-0.4, -0.2) is 26.2 Å². The van der Waals surface area contributed by atoms with Crippen LogP contribution in [0.3, 0.4) is 0 Å². The first-order valence-electron chi connectivity index (χ1n) is 3.83. The van der Waals surface area contributed by atoms with E-state index in [9.17, 15) is 0 Å². The predicted molar refractivity (Wildman–Crippen MR) is 58.1 cm³/mol. The minimum Gasteiger partial charge on any atom is -0.315 e. The van der Waals surface area contributed by atoms with Crippen molar-refractivity contribution in [2.24, 2.45) is 5.41 Å². The number of nitrogens with one attached hydrogen (secondary N) is 2. The van der Waals surface area contributed by atoms with Crippen molar-refractivity contribution >= 4 is 34.0 Å². The molecule has 0 radical (unpaired) electrons. The molecule has 0 amide bonds. The first-order valence-corrected chi connectivity index (χ1v) is 3.83. The van der Waals surface area contributed by atoms with Gasteiger partial charge in [-0.25, -0.2) is 0 Å². The van der Waals surface area contributed by atoms with Crippen LogP contribution in [0.4, 0.5) is 0 Å². The molecule has 2 aliphatic rings. The largest absolute Gasteiger partial charge is 0.315 e. The van der Waals surface area contributed by atoms with Gasteiger partial charge < -0.3 is 10.6 Å². The molecule has 0 unspecified atom stereocenters. The minimum absolute atomic E-state index is 0. The van der Waals surface area contributed by atoms with Crippen LogP contribution in [0.15, 0.2) is 0 Å². The normalized spacial score (nSPS) is 26.2. The summed E-state index contributed by atoms with van der Waals surface area (Å²) in [5.74, 6) is 0. The molecule has 4 heteroatoms. The van der Waals surface area contributed by atoms with Crippen LogP contribution in [0.5, 0.6) is 0 Å². The molecule has 11 heavy (non-hydrogen) atoms. The summed E-state index contributed by atoms with van der Waals surface area (Å²) >= 11 is 0. The third-order valence-corrected chi connectivity index (χ3v) is 2.44. The van der Waals surface area contributed by atoms with Crippen molar-refractivity contribution in [3.8, 4) is 0 Å². The third kappa shape index (κ3) is 3.01. The van der Waals surface area contributed by atoms with Crippen LogP contribution in [0.2, 0.25) is 0 Å². The highest BCUT2D eigenvalue weighted by atomic mass is 79.9. The predicted octanol–water partition coefficient (Wildman–Crippen LogP) is 1.12. The van der Waals surface area contributed by atoms with Gasteiger partial charge in [-0.15, -0.1) is 34.0 Å². The van der Waals surface area contributed by atoms with Gasteiger partial charge in [-0.1, -0.05) is 0 Å². The molecule has 68 valence electrons. The molecule has 1 saturated carbocycles. The van der Waals surface area contributed by atoms with Crippen LogP contribution in [0.1, 0.15) is 12.8 Å². The summed E-state index contributed by atoms with van der Waals surface area (Å²) in [6, 6.07) is 0. The monoisotopic (exact) mass is 286 g/mol. The fourth-order valence-electron chi connectivity index (χ4n) is 1.48. The second kappa shape index (κ2) is 4.80. The first kappa shape index (κ1) is 11.9. The Bertz CT molecular complexity index is 105. The smallest absolute Gasteiger partial charge is 0.00769 e. The van der Waals surface area contributed by atoms with E-state index in [0.717, 1.165) is 13.1 Å². The number of hydrogen-bond donors (Lipinski definition) is 2. The molecule has 1 heterocycles. The molecule has 2 fully saturated rings. The van der Waals surface area contributed by atoms with Crippen LogP contribution in [0, 0.1) is 5.41 Å². The van der Waals surface area contributed by atoms with Crippen molar-refractivity contribution in [2.45, 2.75) is 12.8 Å². The topological polar surface area (TPSA) is 24.1 Å². The Balaban J connectivity index is 0.000000500. The number of hydrogen-bond acceptors (Lipinski definition) is 2. The van der Waals surface area contributed by atoms with Gasteiger partial charge in [0.2, 0.25) is 0 Å². The van der Waals surface area contributed by atoms with Gasteiger partial charge in [-0.2, -0.15) is 0 Å². The zero-order valence-electron chi connectivity index (χ0n) is 6.56. The van der Waals surface area contributed by atoms with Crippen LogP contribution >= 0.6 is 34.0 Å². The maximum absolute atomic E-state index is 3.44. The second-order valence-electron chi connectivity index (χ2n) is 3.35. The van der Waals surface area contributed by atoms with Gasteiger partial charge in [0.05, 0.1) is 0 Å². The highest BCUT2D eigenvalue weighted by Crippen LogP contribution is 2.44. The quantitative estimate of drug-likeness (QED) is 0.698. The fraction of sp³-hybridized carbons (Fsp3) is 1.00. The van der Waals surface area contributed by atoms with Gasteiger partial charge >= 0.3 is 0 Å². The van der Waals surface area contributed by atoms with Gasteiger partial charge in [0.25, 0.3) is 0 Å². The van der Waals surface area contributed by atoms with E-state index in [0.29, 0.717) is 5.41 Å². The van der Waals surface area contributed by atoms with Gasteiger partial charge in [-0.3, -0.25) is 0 Å². The summed E-state index contributed by atoms with van der Waals surface area (Å²) in [5, 5.41) is 6.88. The highest BCUT2D eigenvalue weighted by Gasteiger charge is 2.42. The maximum atomic E-state index is 3.44. The molecule has 0 bridgehead atoms. The van der Waals surface area contributed by atoms with E-state index in [1.165, 1.54) is 25.9 Å². The molecule has 2 nitrogen and oxygen atoms in total. The summed E-state index contributed by atoms with van der Waals surface area (Å²) in [7, 11) is 0. The lowest BCUT2D eigenvalue weighted by atomic mass is 10.1. The Hall–Kier alpha value is 0.880. The lowest BCUT2D eigenvalue weighted by Crippen LogP contribution is -2.24. The van der Waals surface area contributed by atoms with Crippen LogP contribution in [-0.2, 0) is 0 Å². The summed E-state index contributed by atoms with van der Waals surface area (Å²) in [6.45, 7) is 4.81. The van der Waals surface area contributed by atoms with Crippen molar-refractivity contribution in [1.82, 2.24) is 10.6 Å².